The molecule has 0 N–H and O–H groups in total. The fourth-order valence-corrected chi connectivity index (χ4v) is 3.90. The van der Waals surface area contributed by atoms with E-state index in [9.17, 15) is 0 Å². The quantitative estimate of drug-likeness (QED) is 0.703. The maximum atomic E-state index is 5.34. The number of ether oxygens (including phenoxy) is 2. The molecule has 0 radical (unpaired) electrons. The van der Waals surface area contributed by atoms with E-state index in [2.05, 4.69) is 44.7 Å². The number of allylic oxidation sites excluding steroid dienone is 1. The first kappa shape index (κ1) is 18.6. The summed E-state index contributed by atoms with van der Waals surface area (Å²) in [5, 5.41) is 0.756. The lowest BCUT2D eigenvalue weighted by molar-refractivity contribution is 0.0759. The van der Waals surface area contributed by atoms with Crippen molar-refractivity contribution >= 4 is 11.8 Å². The fourth-order valence-electron chi connectivity index (χ4n) is 2.79. The lowest BCUT2D eigenvalue weighted by Crippen LogP contribution is -2.17. The Labute approximate surface area is 145 Å². The molecule has 1 aromatic carbocycles. The molecule has 2 saturated heterocycles. The van der Waals surface area contributed by atoms with E-state index in [0.29, 0.717) is 0 Å². The van der Waals surface area contributed by atoms with Crippen molar-refractivity contribution in [2.75, 3.05) is 26.4 Å². The van der Waals surface area contributed by atoms with Gasteiger partial charge in [0.15, 0.2) is 0 Å². The van der Waals surface area contributed by atoms with Gasteiger partial charge >= 0.3 is 0 Å². The molecule has 0 saturated carbocycles. The average Bonchev–Trinajstić information content (AvgIpc) is 2.59. The van der Waals surface area contributed by atoms with Crippen LogP contribution in [0.2, 0.25) is 0 Å². The number of hydrogen-bond donors (Lipinski definition) is 0. The Morgan fingerprint density at radius 2 is 1.48 bits per heavy atom. The molecule has 2 heterocycles. The fraction of sp³-hybridized carbons (Fsp3) is 0.600. The van der Waals surface area contributed by atoms with E-state index in [1.165, 1.54) is 41.7 Å². The van der Waals surface area contributed by atoms with Gasteiger partial charge in [-0.3, -0.25) is 0 Å². The topological polar surface area (TPSA) is 18.5 Å². The molecule has 0 bridgehead atoms. The van der Waals surface area contributed by atoms with Gasteiger partial charge < -0.3 is 9.47 Å². The molecule has 2 nitrogen and oxygen atoms in total. The molecule has 0 spiro atoms. The van der Waals surface area contributed by atoms with Crippen molar-refractivity contribution in [3.05, 3.63) is 42.0 Å². The van der Waals surface area contributed by atoms with E-state index in [0.717, 1.165) is 37.6 Å². The molecule has 0 atom stereocenters. The maximum Gasteiger partial charge on any atom is 0.0476 e. The second-order valence-corrected chi connectivity index (χ2v) is 7.85. The summed E-state index contributed by atoms with van der Waals surface area (Å²) in [6.07, 6.45) is 4.74. The zero-order valence-corrected chi connectivity index (χ0v) is 15.4. The van der Waals surface area contributed by atoms with Gasteiger partial charge in [-0.05, 0) is 57.6 Å². The standard InChI is InChI=1S/C12H16OS.C8H14O/c1-10-2-4-11(5-3-10)14-12-6-8-13-9-7-12;1-7(2)8-3-5-9-6-4-8/h2-5,12H,6-9H2,1H3;8H,1,3-6H2,2H3. The van der Waals surface area contributed by atoms with Gasteiger partial charge in [-0.25, -0.2) is 0 Å². The molecule has 128 valence electrons. The van der Waals surface area contributed by atoms with Crippen LogP contribution in [0.15, 0.2) is 41.3 Å². The van der Waals surface area contributed by atoms with Gasteiger partial charge in [0.05, 0.1) is 0 Å². The molecule has 2 aliphatic heterocycles. The van der Waals surface area contributed by atoms with Crippen LogP contribution in [0.4, 0.5) is 0 Å². The monoisotopic (exact) mass is 334 g/mol. The van der Waals surface area contributed by atoms with Crippen molar-refractivity contribution in [1.82, 2.24) is 0 Å². The summed E-state index contributed by atoms with van der Waals surface area (Å²) in [7, 11) is 0. The minimum absolute atomic E-state index is 0.735. The minimum atomic E-state index is 0.735. The zero-order valence-electron chi connectivity index (χ0n) is 14.6. The summed E-state index contributed by atoms with van der Waals surface area (Å²) in [6, 6.07) is 8.80. The molecule has 2 fully saturated rings. The third-order valence-corrected chi connectivity index (χ3v) is 5.76. The summed E-state index contributed by atoms with van der Waals surface area (Å²) < 4.78 is 10.6. The molecular weight excluding hydrogens is 304 g/mol. The van der Waals surface area contributed by atoms with E-state index in [4.69, 9.17) is 9.47 Å². The summed E-state index contributed by atoms with van der Waals surface area (Å²) in [5.41, 5.74) is 2.65. The van der Waals surface area contributed by atoms with Crippen LogP contribution >= 0.6 is 11.8 Å². The second-order valence-electron chi connectivity index (χ2n) is 6.48. The molecule has 3 heteroatoms. The third-order valence-electron chi connectivity index (χ3n) is 4.41. The van der Waals surface area contributed by atoms with Crippen molar-refractivity contribution < 1.29 is 9.47 Å². The normalized spacial score (nSPS) is 19.7. The Hall–Kier alpha value is -0.770. The Balaban J connectivity index is 0.000000185. The van der Waals surface area contributed by atoms with Crippen molar-refractivity contribution in [3.63, 3.8) is 0 Å². The van der Waals surface area contributed by atoms with E-state index < -0.39 is 0 Å². The zero-order chi connectivity index (χ0) is 16.5. The van der Waals surface area contributed by atoms with Crippen molar-refractivity contribution in [2.45, 2.75) is 49.7 Å². The van der Waals surface area contributed by atoms with Crippen LogP contribution < -0.4 is 0 Å². The molecule has 1 aromatic rings. The first-order valence-corrected chi connectivity index (χ1v) is 9.57. The van der Waals surface area contributed by atoms with Crippen LogP contribution in [-0.4, -0.2) is 31.7 Å². The summed E-state index contributed by atoms with van der Waals surface area (Å²) in [4.78, 5) is 1.39. The van der Waals surface area contributed by atoms with Gasteiger partial charge in [0, 0.05) is 36.6 Å². The Morgan fingerprint density at radius 1 is 0.957 bits per heavy atom. The van der Waals surface area contributed by atoms with Crippen molar-refractivity contribution in [3.8, 4) is 0 Å². The van der Waals surface area contributed by atoms with Gasteiger partial charge in [-0.15, -0.1) is 11.8 Å². The number of benzene rings is 1. The Kier molecular flexibility index (Phi) is 8.21. The summed E-state index contributed by atoms with van der Waals surface area (Å²) in [5.74, 6) is 0.735. The molecule has 23 heavy (non-hydrogen) atoms. The van der Waals surface area contributed by atoms with Crippen LogP contribution in [0, 0.1) is 12.8 Å². The highest BCUT2D eigenvalue weighted by Gasteiger charge is 2.14. The number of thioether (sulfide) groups is 1. The highest BCUT2D eigenvalue weighted by atomic mass is 32.2. The van der Waals surface area contributed by atoms with E-state index in [1.54, 1.807) is 0 Å². The Morgan fingerprint density at radius 3 is 1.96 bits per heavy atom. The van der Waals surface area contributed by atoms with E-state index in [1.807, 2.05) is 11.8 Å². The largest absolute Gasteiger partial charge is 0.381 e. The number of hydrogen-bond acceptors (Lipinski definition) is 3. The average molecular weight is 335 g/mol. The van der Waals surface area contributed by atoms with Gasteiger partial charge in [0.1, 0.15) is 0 Å². The SMILES string of the molecule is C=C(C)C1CCOCC1.Cc1ccc(SC2CCOCC2)cc1. The van der Waals surface area contributed by atoms with E-state index in [-0.39, 0.29) is 0 Å². The van der Waals surface area contributed by atoms with Crippen molar-refractivity contribution in [1.29, 1.82) is 0 Å². The molecular formula is C20H30O2S. The third kappa shape index (κ3) is 7.11. The van der Waals surface area contributed by atoms with Crippen LogP contribution in [0.3, 0.4) is 0 Å². The smallest absolute Gasteiger partial charge is 0.0476 e. The first-order chi connectivity index (χ1) is 11.1. The van der Waals surface area contributed by atoms with Crippen molar-refractivity contribution in [2.24, 2.45) is 5.92 Å². The second kappa shape index (κ2) is 10.2. The molecule has 2 aliphatic rings. The lowest BCUT2D eigenvalue weighted by Gasteiger charge is -2.21. The lowest BCUT2D eigenvalue weighted by atomic mass is 9.94. The van der Waals surface area contributed by atoms with Gasteiger partial charge in [0.25, 0.3) is 0 Å². The predicted molar refractivity (Wildman–Crippen MR) is 99.2 cm³/mol. The number of rotatable bonds is 3. The maximum absolute atomic E-state index is 5.34. The predicted octanol–water partition coefficient (Wildman–Crippen LogP) is 5.26. The molecule has 0 unspecified atom stereocenters. The van der Waals surface area contributed by atoms with Crippen LogP contribution in [0.25, 0.3) is 0 Å². The molecule has 0 aromatic heterocycles. The molecule has 0 amide bonds. The minimum Gasteiger partial charge on any atom is -0.381 e. The first-order valence-electron chi connectivity index (χ1n) is 8.69. The van der Waals surface area contributed by atoms with Gasteiger partial charge in [-0.2, -0.15) is 0 Å². The highest BCUT2D eigenvalue weighted by molar-refractivity contribution is 8.00. The van der Waals surface area contributed by atoms with Crippen LogP contribution in [0.5, 0.6) is 0 Å². The Bertz CT molecular complexity index is 457. The molecule has 3 rings (SSSR count). The summed E-state index contributed by atoms with van der Waals surface area (Å²) in [6.45, 7) is 11.9. The summed E-state index contributed by atoms with van der Waals surface area (Å²) >= 11 is 1.99. The number of aryl methyl sites for hydroxylation is 1. The van der Waals surface area contributed by atoms with Gasteiger partial charge in [-0.1, -0.05) is 29.8 Å². The van der Waals surface area contributed by atoms with E-state index >= 15 is 0 Å². The molecule has 0 aliphatic carbocycles. The van der Waals surface area contributed by atoms with Crippen LogP contribution in [-0.2, 0) is 9.47 Å². The highest BCUT2D eigenvalue weighted by Crippen LogP contribution is 2.29. The van der Waals surface area contributed by atoms with Gasteiger partial charge in [0.2, 0.25) is 0 Å². The van der Waals surface area contributed by atoms with Crippen LogP contribution in [0.1, 0.15) is 38.2 Å².